The monoisotopic (exact) mass is 192 g/mol. The molecule has 2 rings (SSSR count). The van der Waals surface area contributed by atoms with Gasteiger partial charge in [-0.2, -0.15) is 4.98 Å². The van der Waals surface area contributed by atoms with Crippen LogP contribution in [0.1, 0.15) is 6.42 Å². The minimum absolute atomic E-state index is 0.0439. The molecule has 1 amide bonds. The van der Waals surface area contributed by atoms with E-state index in [1.54, 1.807) is 0 Å². The zero-order valence-corrected chi connectivity index (χ0v) is 7.30. The van der Waals surface area contributed by atoms with Gasteiger partial charge in [0.05, 0.1) is 13.0 Å². The Kier molecular flexibility index (Phi) is 1.88. The van der Waals surface area contributed by atoms with Crippen LogP contribution in [0.2, 0.25) is 0 Å². The molecule has 1 saturated heterocycles. The summed E-state index contributed by atoms with van der Waals surface area (Å²) in [6, 6.07) is 1.52. The van der Waals surface area contributed by atoms with Crippen LogP contribution in [-0.2, 0) is 9.59 Å². The van der Waals surface area contributed by atoms with Crippen molar-refractivity contribution in [2.75, 3.05) is 17.2 Å². The van der Waals surface area contributed by atoms with E-state index in [1.807, 2.05) is 0 Å². The highest BCUT2D eigenvalue weighted by atomic mass is 16.2. The van der Waals surface area contributed by atoms with E-state index >= 15 is 0 Å². The van der Waals surface area contributed by atoms with Crippen molar-refractivity contribution in [3.63, 3.8) is 0 Å². The van der Waals surface area contributed by atoms with Gasteiger partial charge in [-0.15, -0.1) is 0 Å². The van der Waals surface area contributed by atoms with Crippen LogP contribution in [-0.4, -0.2) is 28.2 Å². The van der Waals surface area contributed by atoms with Crippen LogP contribution >= 0.6 is 0 Å². The molecule has 0 atom stereocenters. The van der Waals surface area contributed by atoms with Crippen molar-refractivity contribution in [1.82, 2.24) is 9.97 Å². The molecule has 2 heterocycles. The summed E-state index contributed by atoms with van der Waals surface area (Å²) in [6.07, 6.45) is 1.38. The lowest BCUT2D eigenvalue weighted by Crippen LogP contribution is -2.26. The van der Waals surface area contributed by atoms with Gasteiger partial charge in [-0.05, 0) is 6.07 Å². The summed E-state index contributed by atoms with van der Waals surface area (Å²) in [7, 11) is 0. The first-order valence-corrected chi connectivity index (χ1v) is 4.07. The molecule has 1 aliphatic rings. The number of Topliss-reactive ketones (excluding diaryl/α,β-unsaturated/α-hetero) is 1. The predicted octanol–water partition coefficient (Wildman–Crippen LogP) is -0.635. The van der Waals surface area contributed by atoms with Crippen LogP contribution in [0, 0.1) is 0 Å². The second-order valence-corrected chi connectivity index (χ2v) is 2.98. The Morgan fingerprint density at radius 2 is 2.21 bits per heavy atom. The molecule has 1 aliphatic heterocycles. The maximum absolute atomic E-state index is 11.3. The van der Waals surface area contributed by atoms with Crippen molar-refractivity contribution < 1.29 is 9.59 Å². The Hall–Kier alpha value is -1.98. The van der Waals surface area contributed by atoms with Gasteiger partial charge >= 0.3 is 0 Å². The maximum Gasteiger partial charge on any atom is 0.237 e. The molecule has 6 heteroatoms. The summed E-state index contributed by atoms with van der Waals surface area (Å²) in [6.45, 7) is 0.0439. The molecule has 6 nitrogen and oxygen atoms in total. The summed E-state index contributed by atoms with van der Waals surface area (Å²) in [5.41, 5.74) is 5.43. The molecule has 1 aromatic rings. The maximum atomic E-state index is 11.3. The number of hydrogen-bond donors (Lipinski definition) is 1. The minimum Gasteiger partial charge on any atom is -0.384 e. The zero-order valence-electron chi connectivity index (χ0n) is 7.30. The number of amides is 1. The molecule has 0 bridgehead atoms. The fraction of sp³-hybridized carbons (Fsp3) is 0.250. The van der Waals surface area contributed by atoms with Gasteiger partial charge in [-0.3, -0.25) is 14.5 Å². The Morgan fingerprint density at radius 3 is 2.79 bits per heavy atom. The first kappa shape index (κ1) is 8.61. The first-order valence-electron chi connectivity index (χ1n) is 4.07. The van der Waals surface area contributed by atoms with Crippen LogP contribution in [0.4, 0.5) is 11.8 Å². The number of nitrogen functional groups attached to an aromatic ring is 1. The molecule has 1 aromatic heterocycles. The third-order valence-electron chi connectivity index (χ3n) is 1.89. The van der Waals surface area contributed by atoms with E-state index in [0.29, 0.717) is 0 Å². The fourth-order valence-corrected chi connectivity index (χ4v) is 1.26. The van der Waals surface area contributed by atoms with E-state index in [1.165, 1.54) is 17.2 Å². The van der Waals surface area contributed by atoms with Gasteiger partial charge in [0.25, 0.3) is 0 Å². The molecule has 0 aromatic carbocycles. The van der Waals surface area contributed by atoms with Gasteiger partial charge in [-0.1, -0.05) is 0 Å². The van der Waals surface area contributed by atoms with Gasteiger partial charge in [0.2, 0.25) is 11.9 Å². The largest absolute Gasteiger partial charge is 0.384 e. The lowest BCUT2D eigenvalue weighted by atomic mass is 10.3. The standard InChI is InChI=1S/C8H8N4O2/c9-6-1-2-10-8(11-6)12-4-5(13)3-7(12)14/h1-2H,3-4H2,(H2,9,10,11). The molecular formula is C8H8N4O2. The van der Waals surface area contributed by atoms with E-state index in [9.17, 15) is 9.59 Å². The Bertz CT molecular complexity index is 404. The molecule has 0 spiro atoms. The summed E-state index contributed by atoms with van der Waals surface area (Å²) >= 11 is 0. The summed E-state index contributed by atoms with van der Waals surface area (Å²) in [4.78, 5) is 31.2. The summed E-state index contributed by atoms with van der Waals surface area (Å²) in [5.74, 6) is 0.0737. The van der Waals surface area contributed by atoms with Gasteiger partial charge in [0, 0.05) is 6.20 Å². The number of nitrogens with two attached hydrogens (primary N) is 1. The Morgan fingerprint density at radius 1 is 1.43 bits per heavy atom. The smallest absolute Gasteiger partial charge is 0.237 e. The average Bonchev–Trinajstić information content (AvgIpc) is 2.45. The topological polar surface area (TPSA) is 89.2 Å². The average molecular weight is 192 g/mol. The van der Waals surface area contributed by atoms with Crippen molar-refractivity contribution in [1.29, 1.82) is 0 Å². The number of ketones is 1. The second kappa shape index (κ2) is 3.06. The van der Waals surface area contributed by atoms with Crippen molar-refractivity contribution in [3.8, 4) is 0 Å². The molecule has 14 heavy (non-hydrogen) atoms. The lowest BCUT2D eigenvalue weighted by Gasteiger charge is -2.11. The Balaban J connectivity index is 2.31. The van der Waals surface area contributed by atoms with Gasteiger partial charge in [-0.25, -0.2) is 4.98 Å². The van der Waals surface area contributed by atoms with E-state index < -0.39 is 0 Å². The van der Waals surface area contributed by atoms with E-state index in [4.69, 9.17) is 5.73 Å². The number of nitrogens with zero attached hydrogens (tertiary/aromatic N) is 3. The molecular weight excluding hydrogens is 184 g/mol. The molecule has 0 aliphatic carbocycles. The van der Waals surface area contributed by atoms with E-state index in [2.05, 4.69) is 9.97 Å². The molecule has 72 valence electrons. The van der Waals surface area contributed by atoms with Crippen molar-refractivity contribution >= 4 is 23.5 Å². The predicted molar refractivity (Wildman–Crippen MR) is 48.4 cm³/mol. The third-order valence-corrected chi connectivity index (χ3v) is 1.89. The van der Waals surface area contributed by atoms with Crippen molar-refractivity contribution in [2.24, 2.45) is 0 Å². The number of carbonyl (C=O) groups is 2. The molecule has 0 radical (unpaired) electrons. The highest BCUT2D eigenvalue weighted by Crippen LogP contribution is 2.15. The molecule has 1 fully saturated rings. The van der Waals surface area contributed by atoms with Crippen molar-refractivity contribution in [3.05, 3.63) is 12.3 Å². The van der Waals surface area contributed by atoms with Gasteiger partial charge in [0.1, 0.15) is 5.82 Å². The molecule has 0 saturated carbocycles. The highest BCUT2D eigenvalue weighted by Gasteiger charge is 2.30. The van der Waals surface area contributed by atoms with Crippen LogP contribution in [0.25, 0.3) is 0 Å². The van der Waals surface area contributed by atoms with Crippen LogP contribution in [0.5, 0.6) is 0 Å². The van der Waals surface area contributed by atoms with Crippen LogP contribution < -0.4 is 10.6 Å². The summed E-state index contributed by atoms with van der Waals surface area (Å²) in [5, 5.41) is 0. The quantitative estimate of drug-likeness (QED) is 0.598. The molecule has 2 N–H and O–H groups in total. The lowest BCUT2D eigenvalue weighted by molar-refractivity contribution is -0.121. The minimum atomic E-state index is -0.277. The summed E-state index contributed by atoms with van der Waals surface area (Å²) < 4.78 is 0. The first-order chi connectivity index (χ1) is 6.66. The van der Waals surface area contributed by atoms with E-state index in [-0.39, 0.29) is 36.4 Å². The van der Waals surface area contributed by atoms with Gasteiger partial charge in [0.15, 0.2) is 5.78 Å². The van der Waals surface area contributed by atoms with Crippen LogP contribution in [0.3, 0.4) is 0 Å². The normalized spacial score (nSPS) is 16.4. The molecule has 0 unspecified atom stereocenters. The number of rotatable bonds is 1. The number of aromatic nitrogens is 2. The Labute approximate surface area is 79.7 Å². The van der Waals surface area contributed by atoms with E-state index in [0.717, 1.165) is 0 Å². The van der Waals surface area contributed by atoms with Crippen LogP contribution in [0.15, 0.2) is 12.3 Å². The zero-order chi connectivity index (χ0) is 10.1. The number of anilines is 2. The second-order valence-electron chi connectivity index (χ2n) is 2.98. The number of hydrogen-bond acceptors (Lipinski definition) is 5. The van der Waals surface area contributed by atoms with Crippen molar-refractivity contribution in [2.45, 2.75) is 6.42 Å². The van der Waals surface area contributed by atoms with Gasteiger partial charge < -0.3 is 5.73 Å². The fourth-order valence-electron chi connectivity index (χ4n) is 1.26. The number of carbonyl (C=O) groups excluding carboxylic acids is 2. The SMILES string of the molecule is Nc1ccnc(N2CC(=O)CC2=O)n1. The third kappa shape index (κ3) is 1.41. The highest BCUT2D eigenvalue weighted by molar-refractivity contribution is 6.14.